The summed E-state index contributed by atoms with van der Waals surface area (Å²) in [7, 11) is -2.11. The first-order valence-corrected chi connectivity index (χ1v) is 11.4. The van der Waals surface area contributed by atoms with Crippen LogP contribution in [0.5, 0.6) is 0 Å². The van der Waals surface area contributed by atoms with E-state index in [1.54, 1.807) is 0 Å². The van der Waals surface area contributed by atoms with E-state index in [4.69, 9.17) is 27.5 Å². The molecule has 0 aromatic heterocycles. The van der Waals surface area contributed by atoms with Crippen LogP contribution in [0.1, 0.15) is 73.1 Å². The Kier molecular flexibility index (Phi) is 17.4. The van der Waals surface area contributed by atoms with Gasteiger partial charge in [0.2, 0.25) is 0 Å². The van der Waals surface area contributed by atoms with Gasteiger partial charge in [0.1, 0.15) is 0 Å². The predicted octanol–water partition coefficient (Wildman–Crippen LogP) is 3.90. The molecule has 25 heavy (non-hydrogen) atoms. The molecule has 0 rings (SSSR count). The fourth-order valence-electron chi connectivity index (χ4n) is 1.97. The van der Waals surface area contributed by atoms with Crippen LogP contribution in [-0.2, 0) is 27.5 Å². The SMILES string of the molecule is CCCO[SiH](OCCC)OCCC(OCCC)(OCCC)OCCC. The van der Waals surface area contributed by atoms with E-state index in [-0.39, 0.29) is 0 Å². The largest absolute Gasteiger partial charge is 0.484 e. The number of ether oxygens (including phenoxy) is 3. The first-order chi connectivity index (χ1) is 12.2. The van der Waals surface area contributed by atoms with Crippen molar-refractivity contribution in [3.63, 3.8) is 0 Å². The molecule has 6 nitrogen and oxygen atoms in total. The molecule has 0 heterocycles. The highest BCUT2D eigenvalue weighted by atomic mass is 28.3. The minimum atomic E-state index is -2.11. The van der Waals surface area contributed by atoms with Gasteiger partial charge in [0, 0.05) is 19.8 Å². The van der Waals surface area contributed by atoms with Crippen molar-refractivity contribution in [2.24, 2.45) is 0 Å². The summed E-state index contributed by atoms with van der Waals surface area (Å²) in [5.41, 5.74) is 0. The zero-order valence-corrected chi connectivity index (χ0v) is 18.2. The molecule has 0 radical (unpaired) electrons. The molecule has 0 N–H and O–H groups in total. The van der Waals surface area contributed by atoms with Gasteiger partial charge >= 0.3 is 9.53 Å². The van der Waals surface area contributed by atoms with Gasteiger partial charge in [-0.15, -0.1) is 0 Å². The van der Waals surface area contributed by atoms with Crippen molar-refractivity contribution in [2.75, 3.05) is 39.6 Å². The molecule has 0 spiro atoms. The lowest BCUT2D eigenvalue weighted by molar-refractivity contribution is -0.384. The fraction of sp³-hybridized carbons (Fsp3) is 1.00. The lowest BCUT2D eigenvalue weighted by Gasteiger charge is -2.33. The molecule has 0 aromatic rings. The van der Waals surface area contributed by atoms with E-state index < -0.39 is 15.5 Å². The zero-order chi connectivity index (χ0) is 18.8. The van der Waals surface area contributed by atoms with Crippen molar-refractivity contribution in [3.8, 4) is 0 Å². The Balaban J connectivity index is 4.64. The first kappa shape index (κ1) is 25.0. The minimum Gasteiger partial charge on any atom is -0.376 e. The summed E-state index contributed by atoms with van der Waals surface area (Å²) in [5.74, 6) is -1.03. The smallest absolute Gasteiger partial charge is 0.376 e. The van der Waals surface area contributed by atoms with Crippen LogP contribution < -0.4 is 0 Å². The molecule has 0 amide bonds. The second kappa shape index (κ2) is 17.4. The van der Waals surface area contributed by atoms with Crippen LogP contribution in [0.2, 0.25) is 0 Å². The van der Waals surface area contributed by atoms with Crippen LogP contribution in [0.25, 0.3) is 0 Å². The van der Waals surface area contributed by atoms with Gasteiger partial charge in [-0.1, -0.05) is 34.6 Å². The van der Waals surface area contributed by atoms with Crippen molar-refractivity contribution >= 4 is 9.53 Å². The van der Waals surface area contributed by atoms with E-state index in [0.717, 1.165) is 32.1 Å². The number of rotatable bonds is 19. The van der Waals surface area contributed by atoms with E-state index in [0.29, 0.717) is 46.1 Å². The highest BCUT2D eigenvalue weighted by Crippen LogP contribution is 2.22. The molecule has 0 aromatic carbocycles. The predicted molar refractivity (Wildman–Crippen MR) is 102 cm³/mol. The maximum absolute atomic E-state index is 5.94. The molecule has 0 atom stereocenters. The Morgan fingerprint density at radius 1 is 0.520 bits per heavy atom. The standard InChI is InChI=1S/C18H40O6Si/c1-6-12-19-18(20-13-7-2,21-14-8-3)11-17-24-25(22-15-9-4)23-16-10-5/h25H,6-17H2,1-5H3. The van der Waals surface area contributed by atoms with Gasteiger partial charge in [-0.2, -0.15) is 0 Å². The van der Waals surface area contributed by atoms with Gasteiger partial charge in [0.15, 0.2) is 0 Å². The van der Waals surface area contributed by atoms with Gasteiger partial charge in [-0.25, -0.2) is 0 Å². The molecule has 0 aliphatic rings. The average Bonchev–Trinajstić information content (AvgIpc) is 2.64. The lowest BCUT2D eigenvalue weighted by Crippen LogP contribution is -2.42. The molecule has 0 aliphatic heterocycles. The van der Waals surface area contributed by atoms with Crippen LogP contribution in [0, 0.1) is 0 Å². The summed E-state index contributed by atoms with van der Waals surface area (Å²) in [6.07, 6.45) is 5.12. The van der Waals surface area contributed by atoms with Gasteiger partial charge in [-0.05, 0) is 32.1 Å². The zero-order valence-electron chi connectivity index (χ0n) is 17.0. The van der Waals surface area contributed by atoms with Crippen molar-refractivity contribution in [2.45, 2.75) is 79.1 Å². The Hall–Kier alpha value is -0.0231. The molecular formula is C18H40O6Si. The van der Waals surface area contributed by atoms with E-state index >= 15 is 0 Å². The monoisotopic (exact) mass is 380 g/mol. The second-order valence-electron chi connectivity index (χ2n) is 5.88. The Labute approximate surface area is 156 Å². The number of hydrogen-bond donors (Lipinski definition) is 0. The van der Waals surface area contributed by atoms with Crippen LogP contribution in [0.4, 0.5) is 0 Å². The van der Waals surface area contributed by atoms with Crippen molar-refractivity contribution in [3.05, 3.63) is 0 Å². The van der Waals surface area contributed by atoms with Crippen molar-refractivity contribution < 1.29 is 27.5 Å². The van der Waals surface area contributed by atoms with Crippen molar-refractivity contribution in [1.82, 2.24) is 0 Å². The molecule has 0 saturated carbocycles. The van der Waals surface area contributed by atoms with Gasteiger partial charge < -0.3 is 27.5 Å². The minimum absolute atomic E-state index is 0.432. The topological polar surface area (TPSA) is 55.4 Å². The molecular weight excluding hydrogens is 340 g/mol. The van der Waals surface area contributed by atoms with Crippen LogP contribution in [0.15, 0.2) is 0 Å². The molecule has 0 aliphatic carbocycles. The summed E-state index contributed by atoms with van der Waals surface area (Å²) in [6.45, 7) is 13.9. The van der Waals surface area contributed by atoms with E-state index in [9.17, 15) is 0 Å². The average molecular weight is 381 g/mol. The summed E-state index contributed by atoms with van der Waals surface area (Å²) in [6, 6.07) is 0. The maximum atomic E-state index is 5.94. The molecule has 0 unspecified atom stereocenters. The van der Waals surface area contributed by atoms with E-state index in [2.05, 4.69) is 34.6 Å². The third-order valence-electron chi connectivity index (χ3n) is 3.16. The number of hydrogen-bond acceptors (Lipinski definition) is 6. The third kappa shape index (κ3) is 12.9. The maximum Gasteiger partial charge on any atom is 0.484 e. The van der Waals surface area contributed by atoms with Gasteiger partial charge in [0.05, 0.1) is 26.2 Å². The molecule has 7 heteroatoms. The summed E-state index contributed by atoms with van der Waals surface area (Å²) < 4.78 is 35.2. The quantitative estimate of drug-likeness (QED) is 0.250. The molecule has 152 valence electrons. The summed E-state index contributed by atoms with van der Waals surface area (Å²) in [4.78, 5) is 0. The lowest BCUT2D eigenvalue weighted by atomic mass is 10.3. The molecule has 0 bridgehead atoms. The van der Waals surface area contributed by atoms with Crippen LogP contribution in [-0.4, -0.2) is 55.1 Å². The van der Waals surface area contributed by atoms with E-state index in [1.807, 2.05) is 0 Å². The Bertz CT molecular complexity index is 251. The Morgan fingerprint density at radius 3 is 1.24 bits per heavy atom. The molecule has 0 fully saturated rings. The highest BCUT2D eigenvalue weighted by Gasteiger charge is 2.33. The third-order valence-corrected chi connectivity index (χ3v) is 4.68. The summed E-state index contributed by atoms with van der Waals surface area (Å²) in [5, 5.41) is 0. The van der Waals surface area contributed by atoms with Crippen LogP contribution >= 0.6 is 0 Å². The molecule has 0 saturated heterocycles. The van der Waals surface area contributed by atoms with Crippen LogP contribution in [0.3, 0.4) is 0 Å². The van der Waals surface area contributed by atoms with Gasteiger partial charge in [-0.3, -0.25) is 0 Å². The summed E-state index contributed by atoms with van der Waals surface area (Å²) >= 11 is 0. The second-order valence-corrected chi connectivity index (χ2v) is 7.46. The highest BCUT2D eigenvalue weighted by molar-refractivity contribution is 6.36. The van der Waals surface area contributed by atoms with Crippen molar-refractivity contribution in [1.29, 1.82) is 0 Å². The Morgan fingerprint density at radius 2 is 0.880 bits per heavy atom. The van der Waals surface area contributed by atoms with E-state index in [1.165, 1.54) is 0 Å². The fourth-order valence-corrected chi connectivity index (χ4v) is 3.42. The first-order valence-electron chi connectivity index (χ1n) is 9.94. The van der Waals surface area contributed by atoms with Gasteiger partial charge in [0.25, 0.3) is 5.97 Å². The normalized spacial score (nSPS) is 12.2.